The summed E-state index contributed by atoms with van der Waals surface area (Å²) in [5.41, 5.74) is 2.11. The van der Waals surface area contributed by atoms with Gasteiger partial charge in [0.1, 0.15) is 6.04 Å². The van der Waals surface area contributed by atoms with Gasteiger partial charge in [-0.2, -0.15) is 0 Å². The fourth-order valence-corrected chi connectivity index (χ4v) is 2.72. The van der Waals surface area contributed by atoms with E-state index in [0.29, 0.717) is 12.8 Å². The quantitative estimate of drug-likeness (QED) is 0.734. The third-order valence-electron chi connectivity index (χ3n) is 3.93. The minimum absolute atomic E-state index is 0.188. The third-order valence-corrected chi connectivity index (χ3v) is 3.93. The first-order chi connectivity index (χ1) is 11.2. The molecule has 0 aliphatic carbocycles. The van der Waals surface area contributed by atoms with Crippen molar-refractivity contribution in [2.75, 3.05) is 36.4 Å². The number of piperazine rings is 1. The van der Waals surface area contributed by atoms with Crippen LogP contribution in [-0.4, -0.2) is 44.0 Å². The molecule has 3 N–H and O–H groups in total. The summed E-state index contributed by atoms with van der Waals surface area (Å²) >= 11 is 0. The smallest absolute Gasteiger partial charge is 0.249 e. The van der Waals surface area contributed by atoms with Crippen molar-refractivity contribution < 1.29 is 9.59 Å². The van der Waals surface area contributed by atoms with Crippen LogP contribution in [0.4, 0.5) is 11.4 Å². The Morgan fingerprint density at radius 3 is 2.35 bits per heavy atom. The van der Waals surface area contributed by atoms with E-state index < -0.39 is 0 Å². The predicted molar refractivity (Wildman–Crippen MR) is 92.7 cm³/mol. The van der Waals surface area contributed by atoms with Gasteiger partial charge in [0.25, 0.3) is 0 Å². The minimum atomic E-state index is -0.326. The monoisotopic (exact) mass is 318 g/mol. The van der Waals surface area contributed by atoms with Gasteiger partial charge in [0, 0.05) is 44.0 Å². The third kappa shape index (κ3) is 4.69. The standard InChI is InChI=1S/C15H20N4O2.C2H6/c20-14-6-5-13(15(21)18-14)17-11-1-3-12(4-2-11)19-9-7-16-8-10-19;1-2/h1-4,13,16-17H,5-10H2,(H,18,20,21);1-2H3. The number of rotatable bonds is 3. The largest absolute Gasteiger partial charge is 0.374 e. The zero-order valence-electron chi connectivity index (χ0n) is 13.9. The number of carbonyl (C=O) groups excluding carboxylic acids is 2. The molecule has 0 aromatic heterocycles. The van der Waals surface area contributed by atoms with Crippen LogP contribution < -0.4 is 20.9 Å². The van der Waals surface area contributed by atoms with Crippen molar-refractivity contribution in [1.82, 2.24) is 10.6 Å². The Hall–Kier alpha value is -2.08. The second-order valence-electron chi connectivity index (χ2n) is 5.43. The molecule has 1 aromatic carbocycles. The van der Waals surface area contributed by atoms with Gasteiger partial charge in [-0.25, -0.2) is 0 Å². The maximum absolute atomic E-state index is 11.7. The SMILES string of the molecule is CC.O=C1CCC(Nc2ccc(N3CCNCC3)cc2)C(=O)N1. The molecule has 0 saturated carbocycles. The Kier molecular flexibility index (Phi) is 6.40. The molecular weight excluding hydrogens is 292 g/mol. The van der Waals surface area contributed by atoms with E-state index >= 15 is 0 Å². The molecule has 1 aromatic rings. The average Bonchev–Trinajstić information content (AvgIpc) is 2.61. The Bertz CT molecular complexity index is 524. The minimum Gasteiger partial charge on any atom is -0.374 e. The summed E-state index contributed by atoms with van der Waals surface area (Å²) < 4.78 is 0. The van der Waals surface area contributed by atoms with Gasteiger partial charge in [-0.1, -0.05) is 13.8 Å². The number of hydrogen-bond donors (Lipinski definition) is 3. The lowest BCUT2D eigenvalue weighted by molar-refractivity contribution is -0.133. The number of benzene rings is 1. The second kappa shape index (κ2) is 8.53. The number of anilines is 2. The van der Waals surface area contributed by atoms with E-state index in [1.807, 2.05) is 26.0 Å². The Morgan fingerprint density at radius 1 is 1.09 bits per heavy atom. The highest BCUT2D eigenvalue weighted by Crippen LogP contribution is 2.20. The van der Waals surface area contributed by atoms with Crippen LogP contribution in [-0.2, 0) is 9.59 Å². The lowest BCUT2D eigenvalue weighted by Gasteiger charge is -2.29. The summed E-state index contributed by atoms with van der Waals surface area (Å²) in [5, 5.41) is 8.88. The first-order valence-electron chi connectivity index (χ1n) is 8.38. The summed E-state index contributed by atoms with van der Waals surface area (Å²) in [6.07, 6.45) is 0.937. The van der Waals surface area contributed by atoms with E-state index in [9.17, 15) is 9.59 Å². The van der Waals surface area contributed by atoms with Crippen molar-refractivity contribution in [3.8, 4) is 0 Å². The molecule has 6 heteroatoms. The van der Waals surface area contributed by atoms with Crippen LogP contribution in [0.2, 0.25) is 0 Å². The molecule has 1 atom stereocenters. The van der Waals surface area contributed by atoms with E-state index in [1.54, 1.807) is 0 Å². The van der Waals surface area contributed by atoms with Crippen LogP contribution in [0.15, 0.2) is 24.3 Å². The van der Waals surface area contributed by atoms with Gasteiger partial charge in [0.15, 0.2) is 0 Å². The number of piperidine rings is 1. The van der Waals surface area contributed by atoms with Gasteiger partial charge >= 0.3 is 0 Å². The molecule has 0 bridgehead atoms. The van der Waals surface area contributed by atoms with Gasteiger partial charge in [-0.3, -0.25) is 14.9 Å². The first-order valence-corrected chi connectivity index (χ1v) is 8.38. The highest BCUT2D eigenvalue weighted by Gasteiger charge is 2.26. The van der Waals surface area contributed by atoms with E-state index in [1.165, 1.54) is 5.69 Å². The molecule has 2 aliphatic rings. The van der Waals surface area contributed by atoms with Crippen molar-refractivity contribution in [3.63, 3.8) is 0 Å². The highest BCUT2D eigenvalue weighted by atomic mass is 16.2. The van der Waals surface area contributed by atoms with E-state index in [4.69, 9.17) is 0 Å². The molecule has 2 fully saturated rings. The fraction of sp³-hybridized carbons (Fsp3) is 0.529. The maximum atomic E-state index is 11.7. The van der Waals surface area contributed by atoms with E-state index in [2.05, 4.69) is 33.0 Å². The number of nitrogens with one attached hydrogen (secondary N) is 3. The lowest BCUT2D eigenvalue weighted by Crippen LogP contribution is -2.47. The van der Waals surface area contributed by atoms with Crippen LogP contribution >= 0.6 is 0 Å². The molecule has 23 heavy (non-hydrogen) atoms. The summed E-state index contributed by atoms with van der Waals surface area (Å²) in [7, 11) is 0. The van der Waals surface area contributed by atoms with Crippen molar-refractivity contribution >= 4 is 23.2 Å². The van der Waals surface area contributed by atoms with Gasteiger partial charge in [-0.15, -0.1) is 0 Å². The number of amides is 2. The normalized spacial score (nSPS) is 21.1. The molecule has 1 unspecified atom stereocenters. The molecule has 2 aliphatic heterocycles. The van der Waals surface area contributed by atoms with Crippen LogP contribution in [0.5, 0.6) is 0 Å². The Morgan fingerprint density at radius 2 is 1.74 bits per heavy atom. The van der Waals surface area contributed by atoms with Crippen molar-refractivity contribution in [3.05, 3.63) is 24.3 Å². The number of hydrogen-bond acceptors (Lipinski definition) is 5. The van der Waals surface area contributed by atoms with Gasteiger partial charge < -0.3 is 15.5 Å². The van der Waals surface area contributed by atoms with Crippen molar-refractivity contribution in [2.45, 2.75) is 32.7 Å². The summed E-state index contributed by atoms with van der Waals surface area (Å²) in [4.78, 5) is 25.2. The van der Waals surface area contributed by atoms with Crippen molar-refractivity contribution in [1.29, 1.82) is 0 Å². The zero-order valence-corrected chi connectivity index (χ0v) is 13.9. The average molecular weight is 318 g/mol. The summed E-state index contributed by atoms with van der Waals surface area (Å²) in [6.45, 7) is 8.05. The topological polar surface area (TPSA) is 73.5 Å². The van der Waals surface area contributed by atoms with Crippen LogP contribution in [0, 0.1) is 0 Å². The van der Waals surface area contributed by atoms with Gasteiger partial charge in [-0.05, 0) is 30.7 Å². The Balaban J connectivity index is 0.000000924. The van der Waals surface area contributed by atoms with E-state index in [0.717, 1.165) is 31.9 Å². The van der Waals surface area contributed by atoms with Crippen LogP contribution in [0.25, 0.3) is 0 Å². The van der Waals surface area contributed by atoms with Gasteiger partial charge in [0.2, 0.25) is 11.8 Å². The lowest BCUT2D eigenvalue weighted by atomic mass is 10.1. The molecule has 6 nitrogen and oxygen atoms in total. The Labute approximate surface area is 137 Å². The maximum Gasteiger partial charge on any atom is 0.249 e. The van der Waals surface area contributed by atoms with Crippen molar-refractivity contribution in [2.24, 2.45) is 0 Å². The second-order valence-corrected chi connectivity index (χ2v) is 5.43. The number of nitrogens with zero attached hydrogens (tertiary/aromatic N) is 1. The number of carbonyl (C=O) groups is 2. The predicted octanol–water partition coefficient (Wildman–Crippen LogP) is 1.34. The molecular formula is C17H26N4O2. The highest BCUT2D eigenvalue weighted by molar-refractivity contribution is 6.01. The molecule has 126 valence electrons. The van der Waals surface area contributed by atoms with Gasteiger partial charge in [0.05, 0.1) is 0 Å². The molecule has 2 amide bonds. The molecule has 2 saturated heterocycles. The summed E-state index contributed by atoms with van der Waals surface area (Å²) in [5.74, 6) is -0.426. The fourth-order valence-electron chi connectivity index (χ4n) is 2.72. The zero-order chi connectivity index (χ0) is 16.7. The molecule has 3 rings (SSSR count). The van der Waals surface area contributed by atoms with Crippen LogP contribution in [0.3, 0.4) is 0 Å². The number of imide groups is 1. The van der Waals surface area contributed by atoms with E-state index in [-0.39, 0.29) is 17.9 Å². The first kappa shape index (κ1) is 17.3. The summed E-state index contributed by atoms with van der Waals surface area (Å²) in [6, 6.07) is 7.79. The molecule has 0 spiro atoms. The molecule has 0 radical (unpaired) electrons. The van der Waals surface area contributed by atoms with Crippen LogP contribution in [0.1, 0.15) is 26.7 Å². The molecule has 2 heterocycles.